The van der Waals surface area contributed by atoms with E-state index in [1.54, 1.807) is 58.0 Å². The van der Waals surface area contributed by atoms with Crippen molar-refractivity contribution in [3.8, 4) is 0 Å². The Kier molecular flexibility index (Phi) is 21.4. The quantitative estimate of drug-likeness (QED) is 0.0442. The zero-order valence-electron chi connectivity index (χ0n) is 32.2. The fourth-order valence-electron chi connectivity index (χ4n) is 5.32. The Morgan fingerprint density at radius 1 is 0.607 bits per heavy atom. The molecule has 56 heavy (non-hydrogen) atoms. The number of hydrogen-bond acceptors (Lipinski definition) is 11. The monoisotopic (exact) mass is 791 g/mol. The lowest BCUT2D eigenvalue weighted by Crippen LogP contribution is -2.62. The van der Waals surface area contributed by atoms with Gasteiger partial charge in [0, 0.05) is 19.3 Å². The van der Waals surface area contributed by atoms with Gasteiger partial charge >= 0.3 is 5.97 Å². The zero-order valence-corrected chi connectivity index (χ0v) is 32.2. The predicted octanol–water partition coefficient (Wildman–Crippen LogP) is -3.20. The molecule has 0 bridgehead atoms. The number of benzene rings is 1. The zero-order chi connectivity index (χ0) is 42.5. The number of aliphatic carboxylic acids is 1. The van der Waals surface area contributed by atoms with Gasteiger partial charge in [-0.1, -0.05) is 70.9 Å². The topological polar surface area (TPSA) is 344 Å². The Labute approximate surface area is 325 Å². The molecule has 14 N–H and O–H groups in total. The molecule has 0 radical (unpaired) electrons. The molecule has 0 saturated heterocycles. The Hall–Kier alpha value is -5.63. The van der Waals surface area contributed by atoms with Crippen molar-refractivity contribution in [1.82, 2.24) is 31.9 Å². The van der Waals surface area contributed by atoms with E-state index in [0.29, 0.717) is 18.4 Å². The van der Waals surface area contributed by atoms with Gasteiger partial charge in [0.15, 0.2) is 0 Å². The summed E-state index contributed by atoms with van der Waals surface area (Å²) in [4.78, 5) is 115. The van der Waals surface area contributed by atoms with Crippen LogP contribution in [0.25, 0.3) is 0 Å². The molecule has 1 aromatic rings. The lowest BCUT2D eigenvalue weighted by Gasteiger charge is -2.31. The Morgan fingerprint density at radius 3 is 1.46 bits per heavy atom. The minimum Gasteiger partial charge on any atom is -0.480 e. The molecular formula is C36H57N9O11. The highest BCUT2D eigenvalue weighted by Gasteiger charge is 2.36. The van der Waals surface area contributed by atoms with Gasteiger partial charge in [0.05, 0.1) is 13.2 Å². The molecule has 0 aliphatic rings. The summed E-state index contributed by atoms with van der Waals surface area (Å²) in [6, 6.07) is 0.139. The van der Waals surface area contributed by atoms with Crippen LogP contribution in [0.15, 0.2) is 30.3 Å². The number of aliphatic hydroxyl groups excluding tert-OH is 1. The van der Waals surface area contributed by atoms with Crippen molar-refractivity contribution < 1.29 is 53.4 Å². The number of primary amides is 2. The number of amides is 8. The Morgan fingerprint density at radius 2 is 1.02 bits per heavy atom. The number of carboxylic acid groups (broad SMARTS) is 1. The number of hydrogen-bond donors (Lipinski definition) is 11. The molecular weight excluding hydrogens is 734 g/mol. The second kappa shape index (κ2) is 24.7. The van der Waals surface area contributed by atoms with Crippen LogP contribution >= 0.6 is 0 Å². The molecule has 20 heteroatoms. The van der Waals surface area contributed by atoms with Crippen molar-refractivity contribution in [2.75, 3.05) is 13.2 Å². The number of rotatable bonds is 26. The molecule has 0 aliphatic carbocycles. The molecule has 8 atom stereocenters. The van der Waals surface area contributed by atoms with E-state index in [2.05, 4.69) is 31.9 Å². The van der Waals surface area contributed by atoms with Crippen LogP contribution in [0.5, 0.6) is 0 Å². The summed E-state index contributed by atoms with van der Waals surface area (Å²) in [5.41, 5.74) is 16.5. The van der Waals surface area contributed by atoms with Gasteiger partial charge in [-0.3, -0.25) is 38.4 Å². The number of nitrogens with two attached hydrogens (primary N) is 3. The highest BCUT2D eigenvalue weighted by atomic mass is 16.4. The number of carbonyl (C=O) groups excluding carboxylic acids is 8. The number of carbonyl (C=O) groups is 9. The lowest BCUT2D eigenvalue weighted by atomic mass is 9.94. The molecule has 8 amide bonds. The molecule has 20 nitrogen and oxygen atoms in total. The third-order valence-corrected chi connectivity index (χ3v) is 9.13. The summed E-state index contributed by atoms with van der Waals surface area (Å²) in [7, 11) is 0. The van der Waals surface area contributed by atoms with E-state index >= 15 is 0 Å². The van der Waals surface area contributed by atoms with E-state index in [4.69, 9.17) is 17.2 Å². The van der Waals surface area contributed by atoms with Gasteiger partial charge < -0.3 is 59.3 Å². The maximum atomic E-state index is 14.0. The third kappa shape index (κ3) is 16.8. The summed E-state index contributed by atoms with van der Waals surface area (Å²) in [6.45, 7) is 5.49. The molecule has 312 valence electrons. The van der Waals surface area contributed by atoms with E-state index in [0.717, 1.165) is 0 Å². The standard InChI is InChI=1S/C36H57N9O11/c1-5-19(3)29(45-35(54)30(20(4)6-2)44-32(51)22(12-14-26(38)47)40-28(49)17-37)34(53)42-24(16-21-10-8-7-9-11-21)33(52)41-23(13-15-27(39)48)31(50)43-25(18-46)36(55)56/h7-11,19-20,22-25,29-30,46H,5-6,12-18,37H2,1-4H3,(H2,38,47)(H2,39,48)(H,40,49)(H,41,52)(H,42,53)(H,43,50)(H,44,51)(H,45,54)(H,55,56)/t19-,20-,22-,23-,24-,25-,29-,30-/m0/s1. The van der Waals surface area contributed by atoms with E-state index in [9.17, 15) is 53.4 Å². The number of aliphatic hydroxyl groups is 1. The van der Waals surface area contributed by atoms with Crippen LogP contribution in [-0.4, -0.2) is 113 Å². The number of carboxylic acids is 1. The predicted molar refractivity (Wildman–Crippen MR) is 201 cm³/mol. The third-order valence-electron chi connectivity index (χ3n) is 9.13. The average molecular weight is 792 g/mol. The first-order chi connectivity index (χ1) is 26.4. The molecule has 0 aliphatic heterocycles. The van der Waals surface area contributed by atoms with E-state index < -0.39 is 114 Å². The minimum absolute atomic E-state index is 0.106. The van der Waals surface area contributed by atoms with Crippen LogP contribution in [0.2, 0.25) is 0 Å². The highest BCUT2D eigenvalue weighted by molar-refractivity contribution is 5.97. The van der Waals surface area contributed by atoms with Gasteiger partial charge in [-0.05, 0) is 30.2 Å². The second-order valence-electron chi connectivity index (χ2n) is 13.5. The molecule has 0 saturated carbocycles. The van der Waals surface area contributed by atoms with Crippen molar-refractivity contribution in [3.63, 3.8) is 0 Å². The fourth-order valence-corrected chi connectivity index (χ4v) is 5.32. The van der Waals surface area contributed by atoms with Gasteiger partial charge in [0.1, 0.15) is 36.3 Å². The van der Waals surface area contributed by atoms with Crippen LogP contribution in [0.3, 0.4) is 0 Å². The van der Waals surface area contributed by atoms with Crippen LogP contribution in [-0.2, 0) is 49.6 Å². The summed E-state index contributed by atoms with van der Waals surface area (Å²) in [6.07, 6.45) is -0.480. The van der Waals surface area contributed by atoms with Crippen LogP contribution in [0.4, 0.5) is 0 Å². The summed E-state index contributed by atoms with van der Waals surface area (Å²) in [5, 5.41) is 33.6. The van der Waals surface area contributed by atoms with Crippen molar-refractivity contribution in [1.29, 1.82) is 0 Å². The summed E-state index contributed by atoms with van der Waals surface area (Å²) >= 11 is 0. The fraction of sp³-hybridized carbons (Fsp3) is 0.583. The maximum absolute atomic E-state index is 14.0. The number of nitrogens with one attached hydrogen (secondary N) is 6. The van der Waals surface area contributed by atoms with Crippen molar-refractivity contribution in [2.45, 2.75) is 109 Å². The van der Waals surface area contributed by atoms with Crippen molar-refractivity contribution in [2.24, 2.45) is 29.0 Å². The molecule has 0 heterocycles. The molecule has 0 aromatic heterocycles. The van der Waals surface area contributed by atoms with Crippen molar-refractivity contribution in [3.05, 3.63) is 35.9 Å². The second-order valence-corrected chi connectivity index (χ2v) is 13.5. The first-order valence-corrected chi connectivity index (χ1v) is 18.3. The Bertz CT molecular complexity index is 1530. The van der Waals surface area contributed by atoms with Crippen LogP contribution in [0.1, 0.15) is 71.8 Å². The van der Waals surface area contributed by atoms with Gasteiger partial charge in [-0.15, -0.1) is 0 Å². The molecule has 0 fully saturated rings. The SMILES string of the molecule is CC[C@H](C)[C@H](NC(=O)[C@H](CCC(N)=O)NC(=O)CN)C(=O)N[C@H](C(=O)N[C@@H](Cc1ccccc1)C(=O)N[C@@H](CCC(N)=O)C(=O)N[C@@H](CO)C(=O)O)[C@@H](C)CC. The van der Waals surface area contributed by atoms with E-state index in [-0.39, 0.29) is 32.1 Å². The molecule has 0 spiro atoms. The molecule has 0 unspecified atom stereocenters. The van der Waals surface area contributed by atoms with E-state index in [1.807, 2.05) is 0 Å². The van der Waals surface area contributed by atoms with Gasteiger partial charge in [0.25, 0.3) is 0 Å². The smallest absolute Gasteiger partial charge is 0.328 e. The summed E-state index contributed by atoms with van der Waals surface area (Å²) < 4.78 is 0. The van der Waals surface area contributed by atoms with Crippen molar-refractivity contribution >= 4 is 53.2 Å². The van der Waals surface area contributed by atoms with Crippen LogP contribution in [0, 0.1) is 11.8 Å². The summed E-state index contributed by atoms with van der Waals surface area (Å²) in [5.74, 6) is -9.07. The molecule has 1 rings (SSSR count). The first kappa shape index (κ1) is 48.4. The van der Waals surface area contributed by atoms with Gasteiger partial charge in [-0.25, -0.2) is 4.79 Å². The maximum Gasteiger partial charge on any atom is 0.328 e. The average Bonchev–Trinajstić information content (AvgIpc) is 3.16. The lowest BCUT2D eigenvalue weighted by molar-refractivity contribution is -0.143. The Balaban J connectivity index is 3.46. The van der Waals surface area contributed by atoms with Gasteiger partial charge in [-0.2, -0.15) is 0 Å². The highest BCUT2D eigenvalue weighted by Crippen LogP contribution is 2.14. The van der Waals surface area contributed by atoms with Gasteiger partial charge in [0.2, 0.25) is 47.3 Å². The normalized spacial score (nSPS) is 15.2. The minimum atomic E-state index is -1.72. The molecule has 1 aromatic carbocycles. The largest absolute Gasteiger partial charge is 0.480 e. The van der Waals surface area contributed by atoms with Crippen LogP contribution < -0.4 is 49.1 Å². The first-order valence-electron chi connectivity index (χ1n) is 18.3. The van der Waals surface area contributed by atoms with E-state index in [1.165, 1.54) is 0 Å².